The molecule has 4 aromatic rings. The minimum Gasteiger partial charge on any atom is -0.383 e. The van der Waals surface area contributed by atoms with Crippen LogP contribution in [0.15, 0.2) is 48.8 Å². The van der Waals surface area contributed by atoms with E-state index in [-0.39, 0.29) is 5.82 Å². The van der Waals surface area contributed by atoms with E-state index in [1.54, 1.807) is 6.07 Å². The van der Waals surface area contributed by atoms with Crippen molar-refractivity contribution < 1.29 is 4.39 Å². The summed E-state index contributed by atoms with van der Waals surface area (Å²) in [6, 6.07) is 12.7. The summed E-state index contributed by atoms with van der Waals surface area (Å²) >= 11 is 0. The van der Waals surface area contributed by atoms with Crippen LogP contribution in [0.1, 0.15) is 17.5 Å². The summed E-state index contributed by atoms with van der Waals surface area (Å²) in [5.74, 6) is -0.346. The molecule has 2 aromatic heterocycles. The minimum atomic E-state index is -0.346. The summed E-state index contributed by atoms with van der Waals surface area (Å²) in [5.41, 5.74) is 4.02. The van der Waals surface area contributed by atoms with Crippen molar-refractivity contribution in [2.75, 3.05) is 11.9 Å². The van der Waals surface area contributed by atoms with Gasteiger partial charge in [-0.15, -0.1) is 0 Å². The molecule has 1 N–H and O–H groups in total. The normalized spacial score (nSPS) is 11.0. The number of nitrogens with one attached hydrogen (secondary N) is 1. The fourth-order valence-electron chi connectivity index (χ4n) is 3.31. The first-order valence-corrected chi connectivity index (χ1v) is 8.81. The van der Waals surface area contributed by atoms with E-state index in [0.717, 1.165) is 23.9 Å². The molecule has 0 aliphatic carbocycles. The summed E-state index contributed by atoms with van der Waals surface area (Å²) in [6.45, 7) is 3.46. The van der Waals surface area contributed by atoms with Crippen LogP contribution >= 0.6 is 0 Å². The van der Waals surface area contributed by atoms with Crippen molar-refractivity contribution in [1.82, 2.24) is 14.8 Å². The van der Waals surface area contributed by atoms with E-state index in [0.29, 0.717) is 28.7 Å². The predicted octanol–water partition coefficient (Wildman–Crippen LogP) is 4.41. The van der Waals surface area contributed by atoms with Crippen LogP contribution in [0.5, 0.6) is 0 Å². The van der Waals surface area contributed by atoms with Gasteiger partial charge >= 0.3 is 0 Å². The Hall–Kier alpha value is -3.46. The average Bonchev–Trinajstić information content (AvgIpc) is 3.09. The molecular weight excluding hydrogens is 341 g/mol. The van der Waals surface area contributed by atoms with Gasteiger partial charge in [-0.2, -0.15) is 10.4 Å². The highest BCUT2D eigenvalue weighted by molar-refractivity contribution is 5.93. The molecule has 0 amide bonds. The first-order chi connectivity index (χ1) is 13.2. The Kier molecular flexibility index (Phi) is 4.43. The molecule has 0 fully saturated rings. The molecule has 0 spiro atoms. The second kappa shape index (κ2) is 7.04. The molecule has 6 heteroatoms. The summed E-state index contributed by atoms with van der Waals surface area (Å²) in [5, 5.41) is 18.9. The highest BCUT2D eigenvalue weighted by Gasteiger charge is 2.10. The molecule has 27 heavy (non-hydrogen) atoms. The highest BCUT2D eigenvalue weighted by Crippen LogP contribution is 2.26. The summed E-state index contributed by atoms with van der Waals surface area (Å²) < 4.78 is 15.6. The molecule has 5 nitrogen and oxygen atoms in total. The lowest BCUT2D eigenvalue weighted by Crippen LogP contribution is -2.09. The zero-order valence-corrected chi connectivity index (χ0v) is 14.9. The fraction of sp³-hybridized carbons (Fsp3) is 0.190. The monoisotopic (exact) mass is 359 g/mol. The summed E-state index contributed by atoms with van der Waals surface area (Å²) in [4.78, 5) is 4.22. The Labute approximate surface area is 156 Å². The van der Waals surface area contributed by atoms with Crippen LogP contribution in [-0.4, -0.2) is 21.3 Å². The molecule has 4 rings (SSSR count). The molecule has 0 bridgehead atoms. The Bertz CT molecular complexity index is 1170. The maximum absolute atomic E-state index is 13.7. The number of rotatable bonds is 5. The van der Waals surface area contributed by atoms with Crippen LogP contribution in [0, 0.1) is 24.1 Å². The fourth-order valence-corrected chi connectivity index (χ4v) is 3.31. The van der Waals surface area contributed by atoms with Gasteiger partial charge in [0.25, 0.3) is 0 Å². The van der Waals surface area contributed by atoms with Crippen LogP contribution in [-0.2, 0) is 6.54 Å². The van der Waals surface area contributed by atoms with Gasteiger partial charge in [-0.3, -0.25) is 9.67 Å². The molecular formula is C21H18FN5. The number of pyridine rings is 1. The van der Waals surface area contributed by atoms with E-state index in [2.05, 4.69) is 40.5 Å². The number of aryl methyl sites for hydroxylation is 2. The molecule has 2 aromatic carbocycles. The van der Waals surface area contributed by atoms with Crippen molar-refractivity contribution >= 4 is 27.5 Å². The number of nitriles is 1. The predicted molar refractivity (Wildman–Crippen MR) is 104 cm³/mol. The molecule has 2 heterocycles. The van der Waals surface area contributed by atoms with Crippen molar-refractivity contribution in [2.45, 2.75) is 19.9 Å². The quantitative estimate of drug-likeness (QED) is 0.536. The lowest BCUT2D eigenvalue weighted by Gasteiger charge is -2.12. The molecule has 0 saturated heterocycles. The molecule has 0 aliphatic heterocycles. The van der Waals surface area contributed by atoms with Gasteiger partial charge in [0.1, 0.15) is 11.9 Å². The lowest BCUT2D eigenvalue weighted by molar-refractivity contribution is 0.610. The van der Waals surface area contributed by atoms with Gasteiger partial charge in [-0.25, -0.2) is 4.39 Å². The number of halogens is 1. The number of aromatic nitrogens is 3. The van der Waals surface area contributed by atoms with E-state index >= 15 is 0 Å². The van der Waals surface area contributed by atoms with Crippen LogP contribution in [0.25, 0.3) is 21.8 Å². The number of anilines is 1. The third-order valence-corrected chi connectivity index (χ3v) is 4.70. The number of hydrogen-bond donors (Lipinski definition) is 1. The lowest BCUT2D eigenvalue weighted by atomic mass is 10.1. The standard InChI is InChI=1S/C21H18FN5/c1-14-4-2-5-20-18(14)13-26-27(20)9-3-8-24-21-15(11-23)12-25-19-7-6-16(22)10-17(19)21/h2,4-7,10,12-13H,3,8-9H2,1H3,(H,24,25). The van der Waals surface area contributed by atoms with Crippen molar-refractivity contribution in [1.29, 1.82) is 5.26 Å². The van der Waals surface area contributed by atoms with Gasteiger partial charge < -0.3 is 5.32 Å². The summed E-state index contributed by atoms with van der Waals surface area (Å²) in [6.07, 6.45) is 4.23. The average molecular weight is 359 g/mol. The Morgan fingerprint density at radius 3 is 2.93 bits per heavy atom. The Morgan fingerprint density at radius 2 is 2.07 bits per heavy atom. The van der Waals surface area contributed by atoms with Gasteiger partial charge in [0.2, 0.25) is 0 Å². The molecule has 0 aliphatic rings. The number of fused-ring (bicyclic) bond motifs is 2. The molecule has 0 atom stereocenters. The van der Waals surface area contributed by atoms with Crippen molar-refractivity contribution in [3.63, 3.8) is 0 Å². The van der Waals surface area contributed by atoms with Crippen molar-refractivity contribution in [2.24, 2.45) is 0 Å². The van der Waals surface area contributed by atoms with Crippen molar-refractivity contribution in [3.05, 3.63) is 65.7 Å². The maximum Gasteiger partial charge on any atom is 0.124 e. The van der Waals surface area contributed by atoms with Gasteiger partial charge in [-0.05, 0) is 43.2 Å². The first-order valence-electron chi connectivity index (χ1n) is 8.81. The zero-order valence-electron chi connectivity index (χ0n) is 14.9. The topological polar surface area (TPSA) is 66.5 Å². The second-order valence-corrected chi connectivity index (χ2v) is 6.48. The number of hydrogen-bond acceptors (Lipinski definition) is 4. The van der Waals surface area contributed by atoms with Crippen LogP contribution in [0.2, 0.25) is 0 Å². The maximum atomic E-state index is 13.7. The Balaban J connectivity index is 1.51. The van der Waals surface area contributed by atoms with Gasteiger partial charge in [0.05, 0.1) is 28.5 Å². The number of nitrogens with zero attached hydrogens (tertiary/aromatic N) is 4. The molecule has 0 unspecified atom stereocenters. The highest BCUT2D eigenvalue weighted by atomic mass is 19.1. The van der Waals surface area contributed by atoms with Gasteiger partial charge in [-0.1, -0.05) is 12.1 Å². The third kappa shape index (κ3) is 3.20. The second-order valence-electron chi connectivity index (χ2n) is 6.48. The van der Waals surface area contributed by atoms with Crippen LogP contribution in [0.4, 0.5) is 10.1 Å². The molecule has 0 saturated carbocycles. The summed E-state index contributed by atoms with van der Waals surface area (Å²) in [7, 11) is 0. The van der Waals surface area contributed by atoms with E-state index in [1.165, 1.54) is 23.9 Å². The zero-order chi connectivity index (χ0) is 18.8. The third-order valence-electron chi connectivity index (χ3n) is 4.70. The van der Waals surface area contributed by atoms with E-state index < -0.39 is 0 Å². The van der Waals surface area contributed by atoms with Crippen LogP contribution in [0.3, 0.4) is 0 Å². The smallest absolute Gasteiger partial charge is 0.124 e. The van der Waals surface area contributed by atoms with E-state index in [4.69, 9.17) is 0 Å². The van der Waals surface area contributed by atoms with Crippen molar-refractivity contribution in [3.8, 4) is 6.07 Å². The van der Waals surface area contributed by atoms with E-state index in [1.807, 2.05) is 16.9 Å². The molecule has 0 radical (unpaired) electrons. The van der Waals surface area contributed by atoms with Crippen LogP contribution < -0.4 is 5.32 Å². The van der Waals surface area contributed by atoms with Gasteiger partial charge in [0, 0.05) is 30.1 Å². The largest absolute Gasteiger partial charge is 0.383 e. The number of benzene rings is 2. The minimum absolute atomic E-state index is 0.346. The molecule has 134 valence electrons. The SMILES string of the molecule is Cc1cccc2c1cnn2CCCNc1c(C#N)cnc2ccc(F)cc12. The Morgan fingerprint density at radius 1 is 1.19 bits per heavy atom. The first kappa shape index (κ1) is 17.0. The van der Waals surface area contributed by atoms with Gasteiger partial charge in [0.15, 0.2) is 0 Å². The van der Waals surface area contributed by atoms with E-state index in [9.17, 15) is 9.65 Å².